The lowest BCUT2D eigenvalue weighted by molar-refractivity contribution is 0.0513. The lowest BCUT2D eigenvalue weighted by atomic mass is 10.1. The van der Waals surface area contributed by atoms with Crippen LogP contribution in [0, 0.1) is 5.82 Å². The Labute approximate surface area is 157 Å². The van der Waals surface area contributed by atoms with E-state index in [1.165, 1.54) is 25.0 Å². The van der Waals surface area contributed by atoms with E-state index in [1.807, 2.05) is 20.8 Å². The molecule has 5 nitrogen and oxygen atoms in total. The normalized spacial score (nSPS) is 15.8. The highest BCUT2D eigenvalue weighted by atomic mass is 32.1. The monoisotopic (exact) mass is 377 g/mol. The van der Waals surface area contributed by atoms with Gasteiger partial charge in [-0.05, 0) is 51.3 Å². The molecule has 1 aliphatic rings. The minimum atomic E-state index is -0.591. The van der Waals surface area contributed by atoms with Crippen LogP contribution in [0.25, 0.3) is 0 Å². The third-order valence-electron chi connectivity index (χ3n) is 4.04. The second-order valence-electron chi connectivity index (χ2n) is 7.37. The quantitative estimate of drug-likeness (QED) is 0.853. The number of aromatic nitrogens is 1. The van der Waals surface area contributed by atoms with E-state index in [9.17, 15) is 9.18 Å². The van der Waals surface area contributed by atoms with E-state index < -0.39 is 17.7 Å². The van der Waals surface area contributed by atoms with Gasteiger partial charge in [0.1, 0.15) is 11.4 Å². The first-order valence-electron chi connectivity index (χ1n) is 8.77. The van der Waals surface area contributed by atoms with Gasteiger partial charge in [0.25, 0.3) is 0 Å². The molecule has 140 valence electrons. The first-order chi connectivity index (χ1) is 12.3. The lowest BCUT2D eigenvalue weighted by Gasteiger charge is -2.23. The minimum absolute atomic E-state index is 0.313. The Hall–Kier alpha value is -2.15. The van der Waals surface area contributed by atoms with Gasteiger partial charge in [0.15, 0.2) is 5.13 Å². The Morgan fingerprint density at radius 1 is 1.27 bits per heavy atom. The number of carbonyl (C=O) groups is 1. The largest absolute Gasteiger partial charge is 0.444 e. The second-order valence-corrected chi connectivity index (χ2v) is 8.41. The molecular formula is C19H24FN3O2S. The summed E-state index contributed by atoms with van der Waals surface area (Å²) in [5.41, 5.74) is 0.195. The van der Waals surface area contributed by atoms with Crippen LogP contribution in [0.15, 0.2) is 30.5 Å². The number of anilines is 1. The number of ether oxygens (including phenoxy) is 1. The number of thiazole rings is 1. The summed E-state index contributed by atoms with van der Waals surface area (Å²) in [5.74, 6) is -0.313. The summed E-state index contributed by atoms with van der Waals surface area (Å²) >= 11 is 1.55. The van der Waals surface area contributed by atoms with Crippen molar-refractivity contribution in [1.82, 2.24) is 10.3 Å². The van der Waals surface area contributed by atoms with E-state index in [1.54, 1.807) is 29.7 Å². The van der Waals surface area contributed by atoms with Gasteiger partial charge in [-0.15, -0.1) is 0 Å². The average Bonchev–Trinajstić information content (AvgIpc) is 3.23. The maximum absolute atomic E-state index is 13.3. The smallest absolute Gasteiger partial charge is 0.408 e. The van der Waals surface area contributed by atoms with E-state index in [-0.39, 0.29) is 5.82 Å². The molecule has 0 aliphatic carbocycles. The summed E-state index contributed by atoms with van der Waals surface area (Å²) in [7, 11) is 0. The van der Waals surface area contributed by atoms with Crippen molar-refractivity contribution in [1.29, 1.82) is 0 Å². The van der Waals surface area contributed by atoms with Gasteiger partial charge in [-0.25, -0.2) is 14.2 Å². The molecule has 7 heteroatoms. The van der Waals surface area contributed by atoms with Gasteiger partial charge < -0.3 is 15.0 Å². The predicted molar refractivity (Wildman–Crippen MR) is 101 cm³/mol. The van der Waals surface area contributed by atoms with Crippen molar-refractivity contribution in [2.24, 2.45) is 0 Å². The number of nitrogens with zero attached hydrogens (tertiary/aromatic N) is 2. The Morgan fingerprint density at radius 3 is 2.54 bits per heavy atom. The van der Waals surface area contributed by atoms with Crippen LogP contribution >= 0.6 is 11.3 Å². The zero-order chi connectivity index (χ0) is 18.7. The fourth-order valence-electron chi connectivity index (χ4n) is 2.86. The number of alkyl carbamates (subject to hydrolysis) is 1. The molecule has 3 rings (SSSR count). The molecule has 1 amide bonds. The van der Waals surface area contributed by atoms with Crippen molar-refractivity contribution in [3.63, 3.8) is 0 Å². The molecule has 1 fully saturated rings. The number of benzene rings is 1. The number of hydrogen-bond acceptors (Lipinski definition) is 5. The molecule has 1 N–H and O–H groups in total. The van der Waals surface area contributed by atoms with Crippen molar-refractivity contribution in [3.8, 4) is 0 Å². The first-order valence-corrected chi connectivity index (χ1v) is 9.59. The highest BCUT2D eigenvalue weighted by Crippen LogP contribution is 2.33. The summed E-state index contributed by atoms with van der Waals surface area (Å²) in [6.45, 7) is 7.47. The van der Waals surface area contributed by atoms with Crippen molar-refractivity contribution in [3.05, 3.63) is 46.7 Å². The van der Waals surface area contributed by atoms with E-state index in [0.29, 0.717) is 0 Å². The molecule has 0 radical (unpaired) electrons. The van der Waals surface area contributed by atoms with Crippen LogP contribution in [0.2, 0.25) is 0 Å². The highest BCUT2D eigenvalue weighted by Gasteiger charge is 2.25. The van der Waals surface area contributed by atoms with Crippen molar-refractivity contribution < 1.29 is 13.9 Å². The van der Waals surface area contributed by atoms with Crippen LogP contribution in [0.3, 0.4) is 0 Å². The Morgan fingerprint density at radius 2 is 1.92 bits per heavy atom. The summed E-state index contributed by atoms with van der Waals surface area (Å²) in [6.07, 6.45) is 3.62. The molecule has 1 aliphatic heterocycles. The van der Waals surface area contributed by atoms with E-state index in [0.717, 1.165) is 28.7 Å². The van der Waals surface area contributed by atoms with Gasteiger partial charge in [-0.1, -0.05) is 23.5 Å². The van der Waals surface area contributed by atoms with E-state index in [2.05, 4.69) is 15.2 Å². The maximum atomic E-state index is 13.3. The van der Waals surface area contributed by atoms with Gasteiger partial charge in [-0.2, -0.15) is 0 Å². The fraction of sp³-hybridized carbons (Fsp3) is 0.474. The molecule has 2 aromatic rings. The van der Waals surface area contributed by atoms with Crippen LogP contribution in [0.4, 0.5) is 14.3 Å². The van der Waals surface area contributed by atoms with Crippen LogP contribution in [0.1, 0.15) is 50.1 Å². The molecule has 1 atom stereocenters. The fourth-order valence-corrected chi connectivity index (χ4v) is 3.91. The van der Waals surface area contributed by atoms with E-state index >= 15 is 0 Å². The number of carbonyl (C=O) groups excluding carboxylic acids is 1. The van der Waals surface area contributed by atoms with Gasteiger partial charge in [-0.3, -0.25) is 0 Å². The minimum Gasteiger partial charge on any atom is -0.444 e. The molecule has 26 heavy (non-hydrogen) atoms. The molecule has 1 aromatic carbocycles. The Kier molecular flexibility index (Phi) is 5.46. The van der Waals surface area contributed by atoms with Crippen molar-refractivity contribution in [2.45, 2.75) is 45.3 Å². The van der Waals surface area contributed by atoms with Crippen LogP contribution < -0.4 is 10.2 Å². The highest BCUT2D eigenvalue weighted by molar-refractivity contribution is 7.15. The first kappa shape index (κ1) is 18.6. The summed E-state index contributed by atoms with van der Waals surface area (Å²) in [6, 6.07) is 5.70. The Balaban J connectivity index is 1.85. The maximum Gasteiger partial charge on any atom is 0.408 e. The van der Waals surface area contributed by atoms with Crippen molar-refractivity contribution >= 4 is 22.6 Å². The van der Waals surface area contributed by atoms with Crippen LogP contribution in [0.5, 0.6) is 0 Å². The van der Waals surface area contributed by atoms with Gasteiger partial charge in [0.2, 0.25) is 0 Å². The number of amides is 1. The van der Waals surface area contributed by atoms with Crippen molar-refractivity contribution in [2.75, 3.05) is 18.0 Å². The molecule has 1 aromatic heterocycles. The topological polar surface area (TPSA) is 54.5 Å². The lowest BCUT2D eigenvalue weighted by Crippen LogP contribution is -2.35. The zero-order valence-electron chi connectivity index (χ0n) is 15.3. The molecular weight excluding hydrogens is 353 g/mol. The third kappa shape index (κ3) is 4.72. The van der Waals surface area contributed by atoms with Crippen LogP contribution in [-0.4, -0.2) is 29.8 Å². The number of rotatable bonds is 4. The predicted octanol–water partition coefficient (Wildman–Crippen LogP) is 4.50. The summed E-state index contributed by atoms with van der Waals surface area (Å²) < 4.78 is 18.7. The number of hydrogen-bond donors (Lipinski definition) is 1. The summed E-state index contributed by atoms with van der Waals surface area (Å²) in [4.78, 5) is 20.0. The molecule has 2 heterocycles. The van der Waals surface area contributed by atoms with Gasteiger partial charge in [0.05, 0.1) is 10.9 Å². The molecule has 1 saturated heterocycles. The standard InChI is InChI=1S/C19H24FN3O2S/c1-19(2,3)25-18(24)22-16(13-6-8-14(20)9-7-13)15-12-21-17(26-15)23-10-4-5-11-23/h6-9,12,16H,4-5,10-11H2,1-3H3,(H,22,24). The molecule has 0 bridgehead atoms. The number of nitrogens with one attached hydrogen (secondary N) is 1. The second kappa shape index (κ2) is 7.61. The molecule has 1 unspecified atom stereocenters. The van der Waals surface area contributed by atoms with Gasteiger partial charge in [0, 0.05) is 19.3 Å². The zero-order valence-corrected chi connectivity index (χ0v) is 16.1. The Bertz CT molecular complexity index is 749. The number of halogens is 1. The molecule has 0 spiro atoms. The average molecular weight is 377 g/mol. The molecule has 0 saturated carbocycles. The van der Waals surface area contributed by atoms with Gasteiger partial charge >= 0.3 is 6.09 Å². The van der Waals surface area contributed by atoms with E-state index in [4.69, 9.17) is 4.74 Å². The SMILES string of the molecule is CC(C)(C)OC(=O)NC(c1ccc(F)cc1)c1cnc(N2CCCC2)s1. The summed E-state index contributed by atoms with van der Waals surface area (Å²) in [5, 5.41) is 3.85. The third-order valence-corrected chi connectivity index (χ3v) is 5.16. The van der Waals surface area contributed by atoms with Crippen LogP contribution in [-0.2, 0) is 4.74 Å².